The summed E-state index contributed by atoms with van der Waals surface area (Å²) in [5, 5.41) is 12.8. The van der Waals surface area contributed by atoms with Crippen molar-refractivity contribution in [1.82, 2.24) is 9.97 Å². The molecule has 0 spiro atoms. The van der Waals surface area contributed by atoms with Crippen molar-refractivity contribution in [2.24, 2.45) is 0 Å². The monoisotopic (exact) mass is 439 g/mol. The molecule has 0 aliphatic rings. The van der Waals surface area contributed by atoms with Gasteiger partial charge in [-0.3, -0.25) is 4.31 Å². The summed E-state index contributed by atoms with van der Waals surface area (Å²) in [4.78, 5) is 8.23. The van der Waals surface area contributed by atoms with E-state index in [1.807, 2.05) is 6.07 Å². The first-order valence-corrected chi connectivity index (χ1v) is 11.3. The van der Waals surface area contributed by atoms with Gasteiger partial charge in [-0.05, 0) is 17.5 Å². The van der Waals surface area contributed by atoms with Crippen molar-refractivity contribution in [3.05, 3.63) is 51.8 Å². The lowest BCUT2D eigenvalue weighted by molar-refractivity contribution is 0.285. The van der Waals surface area contributed by atoms with Gasteiger partial charge in [-0.1, -0.05) is 29.8 Å². The highest BCUT2D eigenvalue weighted by Gasteiger charge is 2.25. The number of aliphatic hydroxyl groups excluding tert-OH is 1. The van der Waals surface area contributed by atoms with Crippen molar-refractivity contribution in [3.63, 3.8) is 0 Å². The number of aromatic amines is 1. The molecule has 140 valence electrons. The highest BCUT2D eigenvalue weighted by molar-refractivity contribution is 7.94. The van der Waals surface area contributed by atoms with Crippen LogP contribution in [0.5, 0.6) is 0 Å². The Morgan fingerprint density at radius 2 is 2.11 bits per heavy atom. The molecule has 0 radical (unpaired) electrons. The molecular weight excluding hydrogens is 426 g/mol. The van der Waals surface area contributed by atoms with Crippen LogP contribution in [0.15, 0.2) is 46.1 Å². The highest BCUT2D eigenvalue weighted by atomic mass is 35.5. The lowest BCUT2D eigenvalue weighted by Crippen LogP contribution is -2.26. The third kappa shape index (κ3) is 3.05. The molecule has 4 aromatic rings. The van der Waals surface area contributed by atoms with E-state index >= 15 is 0 Å². The number of fused-ring (bicyclic) bond motifs is 1. The molecule has 6 nitrogen and oxygen atoms in total. The van der Waals surface area contributed by atoms with E-state index in [0.717, 1.165) is 4.88 Å². The molecular formula is C17H14ClN3O3S3. The minimum absolute atomic E-state index is 0.0947. The molecule has 0 fully saturated rings. The molecule has 0 saturated carbocycles. The van der Waals surface area contributed by atoms with Gasteiger partial charge in [0.25, 0.3) is 10.0 Å². The summed E-state index contributed by atoms with van der Waals surface area (Å²) in [5.41, 5.74) is 1.71. The number of nitrogens with zero attached hydrogens (tertiary/aromatic N) is 2. The number of sulfonamides is 1. The van der Waals surface area contributed by atoms with Gasteiger partial charge in [0, 0.05) is 18.6 Å². The molecule has 0 amide bonds. The number of hydrogen-bond acceptors (Lipinski definition) is 6. The fourth-order valence-corrected chi connectivity index (χ4v) is 6.25. The van der Waals surface area contributed by atoms with Crippen LogP contribution in [0.4, 0.5) is 5.69 Å². The third-order valence-electron chi connectivity index (χ3n) is 4.12. The van der Waals surface area contributed by atoms with E-state index < -0.39 is 10.0 Å². The maximum absolute atomic E-state index is 12.9. The van der Waals surface area contributed by atoms with Crippen LogP contribution in [0.1, 0.15) is 4.88 Å². The zero-order valence-corrected chi connectivity index (χ0v) is 17.2. The summed E-state index contributed by atoms with van der Waals surface area (Å²) in [6, 6.07) is 8.60. The largest absolute Gasteiger partial charge is 0.391 e. The molecule has 0 unspecified atom stereocenters. The lowest BCUT2D eigenvalue weighted by Gasteiger charge is -2.19. The van der Waals surface area contributed by atoms with Crippen LogP contribution in [0.3, 0.4) is 0 Å². The summed E-state index contributed by atoms with van der Waals surface area (Å²) in [7, 11) is -2.15. The predicted octanol–water partition coefficient (Wildman–Crippen LogP) is 4.32. The van der Waals surface area contributed by atoms with Gasteiger partial charge in [0.15, 0.2) is 0 Å². The number of aromatic nitrogens is 2. The van der Waals surface area contributed by atoms with Crippen molar-refractivity contribution in [2.75, 3.05) is 11.4 Å². The smallest absolute Gasteiger partial charge is 0.273 e. The van der Waals surface area contributed by atoms with Gasteiger partial charge in [0.2, 0.25) is 0 Å². The predicted molar refractivity (Wildman–Crippen MR) is 110 cm³/mol. The molecule has 0 aliphatic heterocycles. The van der Waals surface area contributed by atoms with Crippen LogP contribution in [0.2, 0.25) is 5.02 Å². The number of rotatable bonds is 5. The van der Waals surface area contributed by atoms with Crippen molar-refractivity contribution < 1.29 is 13.5 Å². The van der Waals surface area contributed by atoms with Gasteiger partial charge in [-0.25, -0.2) is 13.4 Å². The zero-order chi connectivity index (χ0) is 19.2. The number of anilines is 1. The van der Waals surface area contributed by atoms with Crippen molar-refractivity contribution in [2.45, 2.75) is 10.8 Å². The van der Waals surface area contributed by atoms with Crippen LogP contribution in [-0.2, 0) is 16.6 Å². The Labute approximate surface area is 168 Å². The molecule has 27 heavy (non-hydrogen) atoms. The van der Waals surface area contributed by atoms with E-state index in [1.165, 1.54) is 34.0 Å². The lowest BCUT2D eigenvalue weighted by atomic mass is 10.2. The maximum Gasteiger partial charge on any atom is 0.273 e. The van der Waals surface area contributed by atoms with Gasteiger partial charge in [-0.2, -0.15) is 0 Å². The van der Waals surface area contributed by atoms with Crippen LogP contribution in [0, 0.1) is 0 Å². The van der Waals surface area contributed by atoms with Gasteiger partial charge in [-0.15, -0.1) is 22.7 Å². The van der Waals surface area contributed by atoms with E-state index in [1.54, 1.807) is 35.8 Å². The van der Waals surface area contributed by atoms with Crippen LogP contribution in [0.25, 0.3) is 21.6 Å². The quantitative estimate of drug-likeness (QED) is 0.484. The van der Waals surface area contributed by atoms with Crippen molar-refractivity contribution >= 4 is 60.9 Å². The number of nitrogens with one attached hydrogen (secondary N) is 1. The van der Waals surface area contributed by atoms with Crippen LogP contribution < -0.4 is 4.31 Å². The SMILES string of the molecule is CN(c1cccc2c(Cl)c(-c3ncc(CO)s3)[nH]c12)S(=O)(=O)c1cccs1. The fraction of sp³-hybridized carbons (Fsp3) is 0.118. The molecule has 10 heteroatoms. The Kier molecular flexibility index (Phi) is 4.73. The Bertz CT molecular complexity index is 1210. The molecule has 2 N–H and O–H groups in total. The Morgan fingerprint density at radius 1 is 1.30 bits per heavy atom. The summed E-state index contributed by atoms with van der Waals surface area (Å²) in [5.74, 6) is 0. The maximum atomic E-state index is 12.9. The number of halogens is 1. The second-order valence-electron chi connectivity index (χ2n) is 5.71. The first kappa shape index (κ1) is 18.5. The van der Waals surface area contributed by atoms with E-state index in [2.05, 4.69) is 9.97 Å². The van der Waals surface area contributed by atoms with Crippen molar-refractivity contribution in [1.29, 1.82) is 0 Å². The number of thiophene rings is 1. The number of benzene rings is 1. The molecule has 0 bridgehead atoms. The molecule has 1 aromatic carbocycles. The summed E-state index contributed by atoms with van der Waals surface area (Å²) in [6.45, 7) is -0.0947. The number of H-pyrrole nitrogens is 1. The molecule has 3 aromatic heterocycles. The fourth-order valence-electron chi connectivity index (χ4n) is 2.75. The van der Waals surface area contributed by atoms with Crippen LogP contribution >= 0.6 is 34.3 Å². The number of hydrogen-bond donors (Lipinski definition) is 2. The molecule has 3 heterocycles. The summed E-state index contributed by atoms with van der Waals surface area (Å²) >= 11 is 9.04. The van der Waals surface area contributed by atoms with Gasteiger partial charge in [0.05, 0.1) is 33.4 Å². The average molecular weight is 440 g/mol. The second kappa shape index (κ2) is 6.92. The average Bonchev–Trinajstić information content (AvgIpc) is 3.41. The Morgan fingerprint density at radius 3 is 2.78 bits per heavy atom. The zero-order valence-electron chi connectivity index (χ0n) is 14.0. The normalized spacial score (nSPS) is 12.0. The van der Waals surface area contributed by atoms with Gasteiger partial charge < -0.3 is 10.1 Å². The van der Waals surface area contributed by atoms with E-state index in [9.17, 15) is 13.5 Å². The standard InChI is InChI=1S/C17H14ClN3O3S3/c1-21(27(23,24)13-6-3-7-25-13)12-5-2-4-11-14(18)16(20-15(11)12)17-19-8-10(9-22)26-17/h2-8,20,22H,9H2,1H3. The summed E-state index contributed by atoms with van der Waals surface area (Å²) in [6.07, 6.45) is 1.59. The summed E-state index contributed by atoms with van der Waals surface area (Å²) < 4.78 is 27.3. The highest BCUT2D eigenvalue weighted by Crippen LogP contribution is 2.40. The van der Waals surface area contributed by atoms with Gasteiger partial charge >= 0.3 is 0 Å². The molecule has 0 saturated heterocycles. The van der Waals surface area contributed by atoms with E-state index in [4.69, 9.17) is 11.6 Å². The van der Waals surface area contributed by atoms with E-state index in [0.29, 0.717) is 32.3 Å². The number of thiazole rings is 1. The van der Waals surface area contributed by atoms with Gasteiger partial charge in [0.1, 0.15) is 9.22 Å². The number of aliphatic hydroxyl groups is 1. The minimum atomic E-state index is -3.67. The second-order valence-corrected chi connectivity index (χ2v) is 10.3. The van der Waals surface area contributed by atoms with E-state index in [-0.39, 0.29) is 10.8 Å². The Balaban J connectivity index is 1.86. The molecule has 4 rings (SSSR count). The molecule has 0 atom stereocenters. The Hall–Kier alpha value is -1.91. The van der Waals surface area contributed by atoms with Crippen molar-refractivity contribution in [3.8, 4) is 10.7 Å². The third-order valence-corrected chi connectivity index (χ3v) is 8.66. The first-order valence-electron chi connectivity index (χ1n) is 7.82. The first-order chi connectivity index (χ1) is 12.9. The number of para-hydroxylation sites is 1. The topological polar surface area (TPSA) is 86.3 Å². The molecule has 0 aliphatic carbocycles. The van der Waals surface area contributed by atoms with Crippen LogP contribution in [-0.4, -0.2) is 30.5 Å². The minimum Gasteiger partial charge on any atom is -0.391 e.